The van der Waals surface area contributed by atoms with Crippen LogP contribution in [0.15, 0.2) is 36.4 Å². The van der Waals surface area contributed by atoms with E-state index in [2.05, 4.69) is 0 Å². The maximum atomic E-state index is 13.8. The zero-order valence-electron chi connectivity index (χ0n) is 11.1. The fraction of sp³-hybridized carbons (Fsp3) is 0.250. The van der Waals surface area contributed by atoms with Crippen LogP contribution < -0.4 is 5.73 Å². The van der Waals surface area contributed by atoms with Gasteiger partial charge in [-0.3, -0.25) is 0 Å². The van der Waals surface area contributed by atoms with Gasteiger partial charge in [0.2, 0.25) is 0 Å². The van der Waals surface area contributed by atoms with Crippen LogP contribution in [0.25, 0.3) is 0 Å². The summed E-state index contributed by atoms with van der Waals surface area (Å²) in [6.07, 6.45) is 0.487. The molecule has 2 aromatic rings. The molecule has 2 N–H and O–H groups in total. The first-order valence-electron chi connectivity index (χ1n) is 6.24. The van der Waals surface area contributed by atoms with Gasteiger partial charge in [0.15, 0.2) is 0 Å². The van der Waals surface area contributed by atoms with Crippen molar-refractivity contribution in [3.63, 3.8) is 0 Å². The van der Waals surface area contributed by atoms with Gasteiger partial charge >= 0.3 is 0 Å². The monoisotopic (exact) mass is 261 g/mol. The van der Waals surface area contributed by atoms with E-state index in [1.807, 2.05) is 31.2 Å². The van der Waals surface area contributed by atoms with E-state index in [4.69, 9.17) is 5.73 Å². The third-order valence-electron chi connectivity index (χ3n) is 3.22. The van der Waals surface area contributed by atoms with Gasteiger partial charge in [-0.05, 0) is 43.5 Å². The Kier molecular flexibility index (Phi) is 3.96. The van der Waals surface area contributed by atoms with Gasteiger partial charge in [-0.25, -0.2) is 8.78 Å². The first-order chi connectivity index (χ1) is 8.97. The molecule has 0 bridgehead atoms. The van der Waals surface area contributed by atoms with Crippen LogP contribution in [0.2, 0.25) is 0 Å². The van der Waals surface area contributed by atoms with E-state index >= 15 is 0 Å². The predicted octanol–water partition coefficient (Wildman–Crippen LogP) is 3.82. The van der Waals surface area contributed by atoms with Crippen LogP contribution in [0.5, 0.6) is 0 Å². The van der Waals surface area contributed by atoms with Crippen molar-refractivity contribution in [3.05, 3.63) is 70.3 Å². The molecule has 0 amide bonds. The summed E-state index contributed by atoms with van der Waals surface area (Å²) in [5.74, 6) is -0.866. The fourth-order valence-corrected chi connectivity index (χ4v) is 2.15. The molecular formula is C16H17F2N. The van der Waals surface area contributed by atoms with Crippen molar-refractivity contribution in [2.45, 2.75) is 26.3 Å². The molecule has 0 saturated carbocycles. The van der Waals surface area contributed by atoms with Crippen LogP contribution in [-0.2, 0) is 6.42 Å². The zero-order chi connectivity index (χ0) is 14.0. The highest BCUT2D eigenvalue weighted by atomic mass is 19.1. The molecule has 2 aromatic carbocycles. The topological polar surface area (TPSA) is 26.0 Å². The summed E-state index contributed by atoms with van der Waals surface area (Å²) in [4.78, 5) is 0. The molecule has 1 atom stereocenters. The number of halogens is 2. The molecule has 0 radical (unpaired) electrons. The van der Waals surface area contributed by atoms with Crippen molar-refractivity contribution in [1.82, 2.24) is 0 Å². The van der Waals surface area contributed by atoms with Crippen LogP contribution in [-0.4, -0.2) is 0 Å². The Morgan fingerprint density at radius 2 is 1.79 bits per heavy atom. The van der Waals surface area contributed by atoms with Crippen LogP contribution in [0.4, 0.5) is 8.78 Å². The summed E-state index contributed by atoms with van der Waals surface area (Å²) in [5.41, 5.74) is 8.66. The minimum atomic E-state index is -0.545. The van der Waals surface area contributed by atoms with Gasteiger partial charge in [-0.1, -0.05) is 29.8 Å². The normalized spacial score (nSPS) is 12.5. The molecule has 0 heterocycles. The Morgan fingerprint density at radius 1 is 1.05 bits per heavy atom. The Labute approximate surface area is 112 Å². The molecule has 0 aromatic heterocycles. The summed E-state index contributed by atoms with van der Waals surface area (Å²) in [6.45, 7) is 3.52. The summed E-state index contributed by atoms with van der Waals surface area (Å²) in [6, 6.07) is 9.71. The minimum absolute atomic E-state index is 0.226. The minimum Gasteiger partial charge on any atom is -0.324 e. The first kappa shape index (κ1) is 13.7. The number of benzene rings is 2. The molecule has 2 rings (SSSR count). The average molecular weight is 261 g/mol. The van der Waals surface area contributed by atoms with Gasteiger partial charge in [0.05, 0.1) is 0 Å². The van der Waals surface area contributed by atoms with E-state index in [0.717, 1.165) is 11.1 Å². The predicted molar refractivity (Wildman–Crippen MR) is 72.9 cm³/mol. The molecule has 100 valence electrons. The van der Waals surface area contributed by atoms with Gasteiger partial charge in [-0.15, -0.1) is 0 Å². The summed E-state index contributed by atoms with van der Waals surface area (Å²) in [5, 5.41) is 0. The highest BCUT2D eigenvalue weighted by Gasteiger charge is 2.14. The lowest BCUT2D eigenvalue weighted by molar-refractivity contribution is 0.556. The number of aryl methyl sites for hydroxylation is 2. The molecule has 0 aliphatic carbocycles. The molecule has 1 nitrogen and oxygen atoms in total. The number of hydrogen-bond acceptors (Lipinski definition) is 1. The van der Waals surface area contributed by atoms with E-state index in [0.29, 0.717) is 12.0 Å². The Bertz CT molecular complexity index is 593. The van der Waals surface area contributed by atoms with Gasteiger partial charge < -0.3 is 5.73 Å². The smallest absolute Gasteiger partial charge is 0.128 e. The second-order valence-electron chi connectivity index (χ2n) is 4.92. The van der Waals surface area contributed by atoms with Gasteiger partial charge in [0.1, 0.15) is 11.6 Å². The lowest BCUT2D eigenvalue weighted by Crippen LogP contribution is -2.15. The third-order valence-corrected chi connectivity index (χ3v) is 3.22. The van der Waals surface area contributed by atoms with Crippen molar-refractivity contribution >= 4 is 0 Å². The van der Waals surface area contributed by atoms with Crippen molar-refractivity contribution < 1.29 is 8.78 Å². The lowest BCUT2D eigenvalue weighted by atomic mass is 9.97. The van der Waals surface area contributed by atoms with Gasteiger partial charge in [0, 0.05) is 11.6 Å². The van der Waals surface area contributed by atoms with E-state index in [1.54, 1.807) is 0 Å². The second kappa shape index (κ2) is 5.49. The third kappa shape index (κ3) is 3.18. The van der Waals surface area contributed by atoms with Crippen molar-refractivity contribution in [2.75, 3.05) is 0 Å². The quantitative estimate of drug-likeness (QED) is 0.893. The maximum Gasteiger partial charge on any atom is 0.128 e. The summed E-state index contributed by atoms with van der Waals surface area (Å²) < 4.78 is 27.3. The van der Waals surface area contributed by atoms with E-state index in [1.165, 1.54) is 19.1 Å². The lowest BCUT2D eigenvalue weighted by Gasteiger charge is -2.14. The van der Waals surface area contributed by atoms with Crippen molar-refractivity contribution in [3.8, 4) is 0 Å². The molecule has 0 spiro atoms. The second-order valence-corrected chi connectivity index (χ2v) is 4.92. The molecule has 0 saturated heterocycles. The molecule has 19 heavy (non-hydrogen) atoms. The Balaban J connectivity index is 2.25. The van der Waals surface area contributed by atoms with E-state index < -0.39 is 17.7 Å². The number of nitrogens with two attached hydrogens (primary N) is 1. The molecular weight excluding hydrogens is 244 g/mol. The molecule has 0 aliphatic heterocycles. The van der Waals surface area contributed by atoms with Crippen LogP contribution in [0.1, 0.15) is 28.3 Å². The van der Waals surface area contributed by atoms with Crippen molar-refractivity contribution in [1.29, 1.82) is 0 Å². The number of rotatable bonds is 3. The van der Waals surface area contributed by atoms with Crippen LogP contribution >= 0.6 is 0 Å². The van der Waals surface area contributed by atoms with Crippen molar-refractivity contribution in [2.24, 2.45) is 5.73 Å². The van der Waals surface area contributed by atoms with Gasteiger partial charge in [0.25, 0.3) is 0 Å². The fourth-order valence-electron chi connectivity index (χ4n) is 2.15. The standard InChI is InChI=1S/C16H17F2N/c1-10-4-3-5-12(6-10)8-16(19)13-9-14(17)11(2)7-15(13)18/h3-7,9,16H,8,19H2,1-2H3. The van der Waals surface area contributed by atoms with E-state index in [-0.39, 0.29) is 5.56 Å². The highest BCUT2D eigenvalue weighted by molar-refractivity contribution is 5.30. The Hall–Kier alpha value is -1.74. The SMILES string of the molecule is Cc1cccc(CC(N)c2cc(F)c(C)cc2F)c1. The first-order valence-corrected chi connectivity index (χ1v) is 6.24. The highest BCUT2D eigenvalue weighted by Crippen LogP contribution is 2.22. The number of hydrogen-bond donors (Lipinski definition) is 1. The average Bonchev–Trinajstić information content (AvgIpc) is 2.33. The summed E-state index contributed by atoms with van der Waals surface area (Å²) >= 11 is 0. The van der Waals surface area contributed by atoms with E-state index in [9.17, 15) is 8.78 Å². The Morgan fingerprint density at radius 3 is 2.47 bits per heavy atom. The molecule has 1 unspecified atom stereocenters. The zero-order valence-corrected chi connectivity index (χ0v) is 11.1. The summed E-state index contributed by atoms with van der Waals surface area (Å²) in [7, 11) is 0. The molecule has 3 heteroatoms. The largest absolute Gasteiger partial charge is 0.324 e. The maximum absolute atomic E-state index is 13.8. The molecule has 0 fully saturated rings. The van der Waals surface area contributed by atoms with Crippen LogP contribution in [0, 0.1) is 25.5 Å². The molecule has 0 aliphatic rings. The van der Waals surface area contributed by atoms with Gasteiger partial charge in [-0.2, -0.15) is 0 Å². The van der Waals surface area contributed by atoms with Crippen LogP contribution in [0.3, 0.4) is 0 Å².